The second kappa shape index (κ2) is 54.8. The monoisotopic (exact) mass is 934 g/mol. The van der Waals surface area contributed by atoms with Gasteiger partial charge in [0.2, 0.25) is 0 Å². The summed E-state index contributed by atoms with van der Waals surface area (Å²) >= 11 is 0. The predicted octanol–water partition coefficient (Wildman–Crippen LogP) is 18.6. The first-order valence-corrected chi connectivity index (χ1v) is 30.2. The summed E-state index contributed by atoms with van der Waals surface area (Å²) in [5.41, 5.74) is 0. The molecule has 0 rings (SSSR count). The standard InChI is InChI=1S/C60H119NO5/c1-5-9-13-17-31-39-49-57(47-37-15-11-7-3)59(63)65-55-45-35-29-25-21-19-23-27-33-41-51-61(53-43-44-54-62)52-42-34-28-24-20-22-26-30-36-46-56-66-60(64)58(48-38-16-12-8-4)50-40-32-18-14-10-6-2/h57-58,62H,5-56H2,1-4H3/t57-,58?/m0/s1. The smallest absolute Gasteiger partial charge is 0.308 e. The molecule has 6 heteroatoms. The number of carbonyl (C=O) groups is 2. The van der Waals surface area contributed by atoms with Crippen molar-refractivity contribution in [2.75, 3.05) is 39.5 Å². The number of hydrogen-bond acceptors (Lipinski definition) is 6. The minimum atomic E-state index is 0.0840. The van der Waals surface area contributed by atoms with E-state index in [1.54, 1.807) is 0 Å². The summed E-state index contributed by atoms with van der Waals surface area (Å²) < 4.78 is 11.6. The molecule has 1 unspecified atom stereocenters. The number of esters is 2. The van der Waals surface area contributed by atoms with E-state index >= 15 is 0 Å². The van der Waals surface area contributed by atoms with Crippen molar-refractivity contribution in [3.05, 3.63) is 0 Å². The van der Waals surface area contributed by atoms with Gasteiger partial charge >= 0.3 is 11.9 Å². The zero-order valence-corrected chi connectivity index (χ0v) is 45.5. The number of aliphatic hydroxyl groups excluding tert-OH is 1. The van der Waals surface area contributed by atoms with Crippen LogP contribution in [0.4, 0.5) is 0 Å². The van der Waals surface area contributed by atoms with Crippen LogP contribution in [-0.2, 0) is 19.1 Å². The SMILES string of the molecule is CCCCCCCCC(CCCCCC)C(=O)OCCCCCCCCCCCCN(CCCCO)CCCCCCCCCCCCOC(=O)[C@@H](CCCCCC)CCCCCCCC. The minimum absolute atomic E-state index is 0.0840. The lowest BCUT2D eigenvalue weighted by atomic mass is 9.94. The van der Waals surface area contributed by atoms with Gasteiger partial charge in [0.25, 0.3) is 0 Å². The summed E-state index contributed by atoms with van der Waals surface area (Å²) in [7, 11) is 0. The van der Waals surface area contributed by atoms with Gasteiger partial charge in [0, 0.05) is 6.61 Å². The molecule has 0 aliphatic rings. The van der Waals surface area contributed by atoms with Gasteiger partial charge < -0.3 is 19.5 Å². The maximum atomic E-state index is 12.9. The second-order valence-electron chi connectivity index (χ2n) is 20.9. The predicted molar refractivity (Wildman–Crippen MR) is 288 cm³/mol. The summed E-state index contributed by atoms with van der Waals surface area (Å²) in [5, 5.41) is 9.35. The normalized spacial score (nSPS) is 12.6. The lowest BCUT2D eigenvalue weighted by Gasteiger charge is -2.22. The fourth-order valence-corrected chi connectivity index (χ4v) is 9.80. The lowest BCUT2D eigenvalue weighted by Crippen LogP contribution is -2.27. The van der Waals surface area contributed by atoms with E-state index in [1.807, 2.05) is 0 Å². The van der Waals surface area contributed by atoms with Gasteiger partial charge in [-0.1, -0.05) is 259 Å². The largest absolute Gasteiger partial charge is 0.465 e. The number of rotatable bonds is 56. The van der Waals surface area contributed by atoms with E-state index in [0.717, 1.165) is 57.9 Å². The zero-order valence-electron chi connectivity index (χ0n) is 45.5. The topological polar surface area (TPSA) is 76.1 Å². The van der Waals surface area contributed by atoms with Crippen LogP contribution >= 0.6 is 0 Å². The van der Waals surface area contributed by atoms with Gasteiger partial charge in [-0.2, -0.15) is 0 Å². The number of aliphatic hydroxyl groups is 1. The Balaban J connectivity index is 3.96. The molecule has 0 aromatic rings. The molecule has 0 saturated heterocycles. The highest BCUT2D eigenvalue weighted by Gasteiger charge is 2.20. The summed E-state index contributed by atoms with van der Waals surface area (Å²) in [6.45, 7) is 14.1. The molecule has 0 aliphatic carbocycles. The highest BCUT2D eigenvalue weighted by Crippen LogP contribution is 2.23. The molecule has 0 heterocycles. The molecule has 394 valence electrons. The second-order valence-corrected chi connectivity index (χ2v) is 20.9. The van der Waals surface area contributed by atoms with Crippen LogP contribution in [0.3, 0.4) is 0 Å². The van der Waals surface area contributed by atoms with Crippen LogP contribution < -0.4 is 0 Å². The molecule has 0 fully saturated rings. The van der Waals surface area contributed by atoms with Gasteiger partial charge in [0.1, 0.15) is 0 Å². The van der Waals surface area contributed by atoms with E-state index in [4.69, 9.17) is 9.47 Å². The van der Waals surface area contributed by atoms with Gasteiger partial charge in [-0.15, -0.1) is 0 Å². The maximum Gasteiger partial charge on any atom is 0.308 e. The summed E-state index contributed by atoms with van der Waals surface area (Å²) in [6.07, 6.45) is 57.0. The van der Waals surface area contributed by atoms with Crippen LogP contribution in [0, 0.1) is 11.8 Å². The third kappa shape index (κ3) is 46.6. The highest BCUT2D eigenvalue weighted by molar-refractivity contribution is 5.72. The average molecular weight is 935 g/mol. The molecule has 0 saturated carbocycles. The van der Waals surface area contributed by atoms with Crippen molar-refractivity contribution in [2.24, 2.45) is 11.8 Å². The van der Waals surface area contributed by atoms with Crippen LogP contribution in [-0.4, -0.2) is 61.4 Å². The number of carbonyl (C=O) groups excluding carboxylic acids is 2. The van der Waals surface area contributed by atoms with Gasteiger partial charge in [-0.3, -0.25) is 9.59 Å². The first kappa shape index (κ1) is 64.9. The maximum absolute atomic E-state index is 12.9. The third-order valence-corrected chi connectivity index (χ3v) is 14.4. The summed E-state index contributed by atoms with van der Waals surface area (Å²) in [5.74, 6) is 0.409. The first-order valence-electron chi connectivity index (χ1n) is 30.2. The Bertz CT molecular complexity index is 889. The van der Waals surface area contributed by atoms with Gasteiger partial charge in [0.15, 0.2) is 0 Å². The Hall–Kier alpha value is -1.14. The quantitative estimate of drug-likeness (QED) is 0.0484. The Morgan fingerprint density at radius 3 is 0.833 bits per heavy atom. The van der Waals surface area contributed by atoms with E-state index in [1.165, 1.54) is 257 Å². The van der Waals surface area contributed by atoms with Crippen molar-refractivity contribution >= 4 is 11.9 Å². The molecular formula is C60H119NO5. The number of ether oxygens (including phenoxy) is 2. The average Bonchev–Trinajstić information content (AvgIpc) is 3.32. The Labute approximate surface area is 413 Å². The van der Waals surface area contributed by atoms with E-state index in [9.17, 15) is 14.7 Å². The first-order chi connectivity index (χ1) is 32.5. The number of nitrogens with zero attached hydrogens (tertiary/aromatic N) is 1. The van der Waals surface area contributed by atoms with Gasteiger partial charge in [-0.05, 0) is 83.8 Å². The Morgan fingerprint density at radius 1 is 0.318 bits per heavy atom. The van der Waals surface area contributed by atoms with Crippen LogP contribution in [0.1, 0.15) is 323 Å². The highest BCUT2D eigenvalue weighted by atomic mass is 16.5. The van der Waals surface area contributed by atoms with Crippen molar-refractivity contribution < 1.29 is 24.2 Å². The summed E-state index contributed by atoms with van der Waals surface area (Å²) in [6, 6.07) is 0. The Kier molecular flexibility index (Phi) is 53.8. The van der Waals surface area contributed by atoms with E-state index in [0.29, 0.717) is 19.8 Å². The van der Waals surface area contributed by atoms with Crippen molar-refractivity contribution in [1.82, 2.24) is 4.90 Å². The molecule has 1 N–H and O–H groups in total. The van der Waals surface area contributed by atoms with E-state index in [2.05, 4.69) is 32.6 Å². The van der Waals surface area contributed by atoms with Crippen molar-refractivity contribution in [2.45, 2.75) is 323 Å². The minimum Gasteiger partial charge on any atom is -0.465 e. The molecule has 0 bridgehead atoms. The molecule has 66 heavy (non-hydrogen) atoms. The molecule has 2 atom stereocenters. The van der Waals surface area contributed by atoms with E-state index in [-0.39, 0.29) is 23.8 Å². The number of hydrogen-bond donors (Lipinski definition) is 1. The molecular weight excluding hydrogens is 815 g/mol. The molecule has 0 amide bonds. The van der Waals surface area contributed by atoms with Crippen LogP contribution in [0.25, 0.3) is 0 Å². The van der Waals surface area contributed by atoms with Crippen LogP contribution in [0.5, 0.6) is 0 Å². The van der Waals surface area contributed by atoms with Crippen molar-refractivity contribution in [3.8, 4) is 0 Å². The van der Waals surface area contributed by atoms with Crippen LogP contribution in [0.15, 0.2) is 0 Å². The van der Waals surface area contributed by atoms with Gasteiger partial charge in [0.05, 0.1) is 25.0 Å². The van der Waals surface area contributed by atoms with Crippen molar-refractivity contribution in [3.63, 3.8) is 0 Å². The fourth-order valence-electron chi connectivity index (χ4n) is 9.80. The molecule has 0 aromatic heterocycles. The zero-order chi connectivity index (χ0) is 48.1. The molecule has 0 aliphatic heterocycles. The lowest BCUT2D eigenvalue weighted by molar-refractivity contribution is -0.150. The Morgan fingerprint density at radius 2 is 0.545 bits per heavy atom. The molecule has 6 nitrogen and oxygen atoms in total. The van der Waals surface area contributed by atoms with Gasteiger partial charge in [-0.25, -0.2) is 0 Å². The number of unbranched alkanes of at least 4 members (excludes halogenated alkanes) is 35. The fraction of sp³-hybridized carbons (Fsp3) is 0.967. The van der Waals surface area contributed by atoms with Crippen molar-refractivity contribution in [1.29, 1.82) is 0 Å². The van der Waals surface area contributed by atoms with Crippen LogP contribution in [0.2, 0.25) is 0 Å². The molecule has 0 aromatic carbocycles. The summed E-state index contributed by atoms with van der Waals surface area (Å²) in [4.78, 5) is 28.5. The molecule has 0 spiro atoms. The molecule has 0 radical (unpaired) electrons. The third-order valence-electron chi connectivity index (χ3n) is 14.4. The van der Waals surface area contributed by atoms with E-state index < -0.39 is 0 Å².